The number of nitrogens with zero attached hydrogens (tertiary/aromatic N) is 2. The molecule has 4 rings (SSSR count). The third kappa shape index (κ3) is 9.57. The van der Waals surface area contributed by atoms with Gasteiger partial charge in [-0.1, -0.05) is 68.4 Å². The van der Waals surface area contributed by atoms with Crippen LogP contribution in [0, 0.1) is 11.2 Å². The van der Waals surface area contributed by atoms with Crippen LogP contribution in [0.25, 0.3) is 10.8 Å². The smallest absolute Gasteiger partial charge is 0.249 e. The molecule has 0 saturated carbocycles. The Morgan fingerprint density at radius 3 is 2.33 bits per heavy atom. The molecule has 0 radical (unpaired) electrons. The number of fused-ring (bicyclic) bond motifs is 1. The summed E-state index contributed by atoms with van der Waals surface area (Å²) in [4.78, 5) is 44.3. The molecule has 3 atom stereocenters. The van der Waals surface area contributed by atoms with Gasteiger partial charge in [0.1, 0.15) is 24.5 Å². The summed E-state index contributed by atoms with van der Waals surface area (Å²) < 4.78 is 19.4. The van der Waals surface area contributed by atoms with Crippen molar-refractivity contribution < 1.29 is 28.6 Å². The highest BCUT2D eigenvalue weighted by molar-refractivity contribution is 5.92. The third-order valence-corrected chi connectivity index (χ3v) is 8.73. The third-order valence-electron chi connectivity index (χ3n) is 8.73. The van der Waals surface area contributed by atoms with Gasteiger partial charge in [-0.2, -0.15) is 0 Å². The Balaban J connectivity index is 1.59. The molecule has 3 aromatic carbocycles. The molecule has 3 aromatic rings. The normalized spacial score (nSPS) is 16.2. The molecule has 0 spiro atoms. The fourth-order valence-corrected chi connectivity index (χ4v) is 5.58. The van der Waals surface area contributed by atoms with Gasteiger partial charge in [-0.3, -0.25) is 14.4 Å². The molecular formula is C36H47FN4O5. The first-order valence-corrected chi connectivity index (χ1v) is 15.9. The lowest BCUT2D eigenvalue weighted by atomic mass is 9.94. The van der Waals surface area contributed by atoms with Crippen LogP contribution >= 0.6 is 0 Å². The zero-order valence-electron chi connectivity index (χ0n) is 27.3. The molecule has 1 heterocycles. The summed E-state index contributed by atoms with van der Waals surface area (Å²) in [6.45, 7) is 4.87. The van der Waals surface area contributed by atoms with Crippen molar-refractivity contribution in [2.45, 2.75) is 57.7 Å². The number of nitrogens with one attached hydrogen (secondary N) is 2. The molecule has 9 nitrogen and oxygen atoms in total. The zero-order chi connectivity index (χ0) is 33.3. The van der Waals surface area contributed by atoms with Crippen molar-refractivity contribution in [1.82, 2.24) is 20.4 Å². The Labute approximate surface area is 271 Å². The van der Waals surface area contributed by atoms with Gasteiger partial charge >= 0.3 is 0 Å². The van der Waals surface area contributed by atoms with E-state index < -0.39 is 35.1 Å². The van der Waals surface area contributed by atoms with Crippen molar-refractivity contribution in [3.05, 3.63) is 83.7 Å². The minimum atomic E-state index is -0.959. The van der Waals surface area contributed by atoms with Gasteiger partial charge < -0.3 is 30.3 Å². The van der Waals surface area contributed by atoms with Crippen LogP contribution in [0.5, 0.6) is 0 Å². The average molecular weight is 635 g/mol. The van der Waals surface area contributed by atoms with Gasteiger partial charge in [-0.15, -0.1) is 0 Å². The Kier molecular flexibility index (Phi) is 12.3. The van der Waals surface area contributed by atoms with E-state index in [0.29, 0.717) is 12.2 Å². The van der Waals surface area contributed by atoms with Gasteiger partial charge in [0.05, 0.1) is 6.61 Å². The van der Waals surface area contributed by atoms with E-state index in [0.717, 1.165) is 35.7 Å². The molecule has 46 heavy (non-hydrogen) atoms. The first-order valence-electron chi connectivity index (χ1n) is 15.9. The second-order valence-electron chi connectivity index (χ2n) is 13.1. The lowest BCUT2D eigenvalue weighted by Crippen LogP contribution is -2.57. The second kappa shape index (κ2) is 16.1. The van der Waals surface area contributed by atoms with Gasteiger partial charge in [0.2, 0.25) is 17.7 Å². The van der Waals surface area contributed by atoms with Crippen LogP contribution in [-0.4, -0.2) is 97.8 Å². The van der Waals surface area contributed by atoms with E-state index in [1.165, 1.54) is 21.9 Å². The fourth-order valence-electron chi connectivity index (χ4n) is 5.58. The molecule has 1 saturated heterocycles. The first-order chi connectivity index (χ1) is 22.0. The Morgan fingerprint density at radius 1 is 0.978 bits per heavy atom. The number of carbonyl (C=O) groups is 3. The van der Waals surface area contributed by atoms with Crippen LogP contribution in [0.15, 0.2) is 66.7 Å². The van der Waals surface area contributed by atoms with Gasteiger partial charge in [0.15, 0.2) is 0 Å². The van der Waals surface area contributed by atoms with Crippen molar-refractivity contribution in [1.29, 1.82) is 0 Å². The monoisotopic (exact) mass is 634 g/mol. The maximum Gasteiger partial charge on any atom is 0.249 e. The molecule has 10 heteroatoms. The van der Waals surface area contributed by atoms with Crippen molar-refractivity contribution in [2.24, 2.45) is 5.41 Å². The number of ether oxygens (including phenoxy) is 1. The minimum Gasteiger partial charge on any atom is -0.396 e. The molecule has 1 fully saturated rings. The molecule has 0 unspecified atom stereocenters. The van der Waals surface area contributed by atoms with Crippen LogP contribution in [0.2, 0.25) is 0 Å². The second-order valence-corrected chi connectivity index (χ2v) is 13.1. The van der Waals surface area contributed by atoms with E-state index in [1.807, 2.05) is 56.3 Å². The molecule has 0 bridgehead atoms. The Morgan fingerprint density at radius 2 is 1.65 bits per heavy atom. The standard InChI is InChI=1S/C36H47FN4O5/c1-36(2,24-42)23-39-34(44)31(19-25-12-15-29(37)16-13-25)41(4)35(45)32(20-26-11-14-27-8-5-6-9-28(27)18-26)40(3)33(43)22-46-21-30-10-7-17-38-30/h5-6,8-9,11-16,18,30-32,38,42H,7,10,17,19-24H2,1-4H3,(H,39,44)/t30-,31+,32+/m0/s1. The maximum absolute atomic E-state index is 14.4. The number of hydrogen-bond donors (Lipinski definition) is 3. The van der Waals surface area contributed by atoms with E-state index in [-0.39, 0.29) is 44.5 Å². The lowest BCUT2D eigenvalue weighted by Gasteiger charge is -2.35. The van der Waals surface area contributed by atoms with Crippen LogP contribution in [-0.2, 0) is 32.0 Å². The number of likely N-dealkylation sites (N-methyl/N-ethyl adjacent to an activating group) is 2. The van der Waals surface area contributed by atoms with Crippen LogP contribution in [0.1, 0.15) is 37.8 Å². The van der Waals surface area contributed by atoms with E-state index in [1.54, 1.807) is 26.2 Å². The van der Waals surface area contributed by atoms with Crippen LogP contribution in [0.3, 0.4) is 0 Å². The maximum atomic E-state index is 14.4. The summed E-state index contributed by atoms with van der Waals surface area (Å²) in [5.74, 6) is -1.56. The molecular weight excluding hydrogens is 587 g/mol. The summed E-state index contributed by atoms with van der Waals surface area (Å²) >= 11 is 0. The molecule has 248 valence electrons. The van der Waals surface area contributed by atoms with Crippen molar-refractivity contribution in [3.8, 4) is 0 Å². The number of halogens is 1. The van der Waals surface area contributed by atoms with E-state index in [4.69, 9.17) is 4.74 Å². The van der Waals surface area contributed by atoms with Crippen LogP contribution in [0.4, 0.5) is 4.39 Å². The summed E-state index contributed by atoms with van der Waals surface area (Å²) in [7, 11) is 3.15. The van der Waals surface area contributed by atoms with Crippen molar-refractivity contribution >= 4 is 28.5 Å². The van der Waals surface area contributed by atoms with Crippen LogP contribution < -0.4 is 10.6 Å². The Bertz CT molecular complexity index is 1470. The number of hydrogen-bond acceptors (Lipinski definition) is 6. The largest absolute Gasteiger partial charge is 0.396 e. The van der Waals surface area contributed by atoms with E-state index in [9.17, 15) is 23.9 Å². The number of rotatable bonds is 15. The molecule has 3 amide bonds. The van der Waals surface area contributed by atoms with E-state index >= 15 is 0 Å². The fraction of sp³-hybridized carbons (Fsp3) is 0.472. The zero-order valence-corrected chi connectivity index (χ0v) is 27.3. The Hall–Kier alpha value is -3.86. The van der Waals surface area contributed by atoms with Gasteiger partial charge in [-0.25, -0.2) is 4.39 Å². The predicted molar refractivity (Wildman–Crippen MR) is 177 cm³/mol. The van der Waals surface area contributed by atoms with E-state index in [2.05, 4.69) is 10.6 Å². The van der Waals surface area contributed by atoms with Gasteiger partial charge in [-0.05, 0) is 53.4 Å². The SMILES string of the molecule is CN(C(=O)COC[C@@H]1CCCN1)[C@H](Cc1ccc2ccccc2c1)C(=O)N(C)[C@H](Cc1ccc(F)cc1)C(=O)NCC(C)(C)CO. The number of aliphatic hydroxyl groups excluding tert-OH is 1. The summed E-state index contributed by atoms with van der Waals surface area (Å²) in [6.07, 6.45) is 2.42. The quantitative estimate of drug-likeness (QED) is 0.237. The predicted octanol–water partition coefficient (Wildman–Crippen LogP) is 3.32. The van der Waals surface area contributed by atoms with Crippen molar-refractivity contribution in [2.75, 3.05) is 47.0 Å². The molecule has 0 aliphatic carbocycles. The topological polar surface area (TPSA) is 111 Å². The molecule has 3 N–H and O–H groups in total. The number of carbonyl (C=O) groups excluding carboxylic acids is 3. The number of benzene rings is 3. The van der Waals surface area contributed by atoms with Crippen molar-refractivity contribution in [3.63, 3.8) is 0 Å². The summed E-state index contributed by atoms with van der Waals surface area (Å²) in [5.41, 5.74) is 0.968. The summed E-state index contributed by atoms with van der Waals surface area (Å²) in [5, 5.41) is 18.0. The number of aliphatic hydroxyl groups is 1. The lowest BCUT2D eigenvalue weighted by molar-refractivity contribution is -0.149. The molecule has 0 aromatic heterocycles. The van der Waals surface area contributed by atoms with Gasteiger partial charge in [0.25, 0.3) is 0 Å². The highest BCUT2D eigenvalue weighted by Gasteiger charge is 2.36. The highest BCUT2D eigenvalue weighted by Crippen LogP contribution is 2.21. The highest BCUT2D eigenvalue weighted by atomic mass is 19.1. The number of amides is 3. The molecule has 1 aliphatic rings. The van der Waals surface area contributed by atoms with Gasteiger partial charge in [0, 0.05) is 51.5 Å². The first kappa shape index (κ1) is 35.0. The summed E-state index contributed by atoms with van der Waals surface area (Å²) in [6, 6.07) is 18.0. The molecule has 1 aliphatic heterocycles. The minimum absolute atomic E-state index is 0.131. The average Bonchev–Trinajstić information content (AvgIpc) is 3.58.